The summed E-state index contributed by atoms with van der Waals surface area (Å²) in [6, 6.07) is 4.50. The van der Waals surface area contributed by atoms with E-state index in [4.69, 9.17) is 5.11 Å². The van der Waals surface area contributed by atoms with Crippen molar-refractivity contribution in [2.24, 2.45) is 7.05 Å². The summed E-state index contributed by atoms with van der Waals surface area (Å²) in [5.74, 6) is -1.64. The Bertz CT molecular complexity index is 653. The lowest BCUT2D eigenvalue weighted by atomic mass is 10.2. The van der Waals surface area contributed by atoms with Gasteiger partial charge in [-0.2, -0.15) is 9.90 Å². The first-order chi connectivity index (χ1) is 8.97. The molecule has 98 valence electrons. The zero-order valence-corrected chi connectivity index (χ0v) is 11.4. The molecule has 1 aromatic carbocycles. The van der Waals surface area contributed by atoms with Gasteiger partial charge in [-0.15, -0.1) is 5.10 Å². The van der Waals surface area contributed by atoms with Gasteiger partial charge < -0.3 is 10.4 Å². The first kappa shape index (κ1) is 13.2. The molecule has 1 heterocycles. The molecular formula is C11H9BrN4O3. The summed E-state index contributed by atoms with van der Waals surface area (Å²) in [6.07, 6.45) is 1.30. The maximum atomic E-state index is 11.9. The lowest BCUT2D eigenvalue weighted by molar-refractivity contribution is 0.0698. The molecule has 0 aliphatic rings. The smallest absolute Gasteiger partial charge is 0.337 e. The minimum Gasteiger partial charge on any atom is -0.478 e. The predicted octanol–water partition coefficient (Wildman–Crippen LogP) is 1.53. The second kappa shape index (κ2) is 5.19. The molecule has 7 nitrogen and oxygen atoms in total. The molecule has 1 amide bonds. The quantitative estimate of drug-likeness (QED) is 0.892. The van der Waals surface area contributed by atoms with E-state index < -0.39 is 11.9 Å². The number of amides is 1. The molecule has 0 bridgehead atoms. The summed E-state index contributed by atoms with van der Waals surface area (Å²) in [4.78, 5) is 24.2. The van der Waals surface area contributed by atoms with Crippen LogP contribution in [0, 0.1) is 0 Å². The molecule has 0 fully saturated rings. The van der Waals surface area contributed by atoms with Crippen LogP contribution in [0.3, 0.4) is 0 Å². The van der Waals surface area contributed by atoms with Gasteiger partial charge >= 0.3 is 5.97 Å². The van der Waals surface area contributed by atoms with E-state index in [9.17, 15) is 9.59 Å². The van der Waals surface area contributed by atoms with Crippen LogP contribution in [0.25, 0.3) is 0 Å². The molecule has 0 atom stereocenters. The number of hydrogen-bond acceptors (Lipinski definition) is 4. The second-order valence-electron chi connectivity index (χ2n) is 3.67. The summed E-state index contributed by atoms with van der Waals surface area (Å²) in [5.41, 5.74) is 0.303. The number of carbonyl (C=O) groups is 2. The van der Waals surface area contributed by atoms with Crippen LogP contribution in [0.2, 0.25) is 0 Å². The van der Waals surface area contributed by atoms with Gasteiger partial charge in [0.25, 0.3) is 5.91 Å². The molecule has 0 saturated heterocycles. The van der Waals surface area contributed by atoms with E-state index in [2.05, 4.69) is 31.4 Å². The number of hydrogen-bond donors (Lipinski definition) is 2. The Hall–Kier alpha value is -2.22. The first-order valence-electron chi connectivity index (χ1n) is 5.18. The Labute approximate surface area is 116 Å². The monoisotopic (exact) mass is 324 g/mol. The molecule has 0 aliphatic carbocycles. The zero-order valence-electron chi connectivity index (χ0n) is 9.79. The van der Waals surface area contributed by atoms with Crippen LogP contribution >= 0.6 is 15.9 Å². The molecule has 0 unspecified atom stereocenters. The number of nitrogens with zero attached hydrogens (tertiary/aromatic N) is 3. The number of anilines is 1. The Morgan fingerprint density at radius 2 is 2.16 bits per heavy atom. The number of benzene rings is 1. The van der Waals surface area contributed by atoms with Gasteiger partial charge in [0.1, 0.15) is 0 Å². The van der Waals surface area contributed by atoms with Crippen LogP contribution in [0.5, 0.6) is 0 Å². The van der Waals surface area contributed by atoms with Gasteiger partial charge in [-0.3, -0.25) is 4.79 Å². The van der Waals surface area contributed by atoms with Crippen molar-refractivity contribution in [3.63, 3.8) is 0 Å². The van der Waals surface area contributed by atoms with Gasteiger partial charge in [0.2, 0.25) is 0 Å². The fraction of sp³-hybridized carbons (Fsp3) is 0.0909. The predicted molar refractivity (Wildman–Crippen MR) is 70.1 cm³/mol. The van der Waals surface area contributed by atoms with Crippen molar-refractivity contribution in [2.75, 3.05) is 5.32 Å². The summed E-state index contributed by atoms with van der Waals surface area (Å²) in [6.45, 7) is 0. The van der Waals surface area contributed by atoms with Crippen molar-refractivity contribution in [3.8, 4) is 0 Å². The molecule has 0 saturated carbocycles. The van der Waals surface area contributed by atoms with E-state index in [1.54, 1.807) is 13.1 Å². The third-order valence-corrected chi connectivity index (χ3v) is 2.79. The maximum Gasteiger partial charge on any atom is 0.337 e. The van der Waals surface area contributed by atoms with Gasteiger partial charge in [-0.05, 0) is 18.2 Å². The summed E-state index contributed by atoms with van der Waals surface area (Å²) in [7, 11) is 1.58. The second-order valence-corrected chi connectivity index (χ2v) is 4.58. The molecule has 0 spiro atoms. The molecule has 2 N–H and O–H groups in total. The highest BCUT2D eigenvalue weighted by molar-refractivity contribution is 9.10. The summed E-state index contributed by atoms with van der Waals surface area (Å²) in [5, 5.41) is 19.2. The number of carbonyl (C=O) groups excluding carboxylic acids is 1. The number of aryl methyl sites for hydroxylation is 1. The normalized spacial score (nSPS) is 10.2. The molecule has 2 aromatic rings. The third-order valence-electron chi connectivity index (χ3n) is 2.29. The van der Waals surface area contributed by atoms with E-state index in [1.807, 2.05) is 0 Å². The molecule has 1 aromatic heterocycles. The first-order valence-corrected chi connectivity index (χ1v) is 5.97. The highest BCUT2D eigenvalue weighted by Gasteiger charge is 2.15. The fourth-order valence-corrected chi connectivity index (χ4v) is 1.80. The van der Waals surface area contributed by atoms with Crippen LogP contribution in [0.1, 0.15) is 20.8 Å². The largest absolute Gasteiger partial charge is 0.478 e. The number of aromatic nitrogens is 3. The minimum atomic E-state index is -1.12. The van der Waals surface area contributed by atoms with Crippen molar-refractivity contribution in [1.82, 2.24) is 15.0 Å². The van der Waals surface area contributed by atoms with E-state index in [0.29, 0.717) is 4.47 Å². The Morgan fingerprint density at radius 1 is 1.42 bits per heavy atom. The molecule has 0 radical (unpaired) electrons. The lowest BCUT2D eigenvalue weighted by Crippen LogP contribution is -2.15. The van der Waals surface area contributed by atoms with Crippen LogP contribution in [-0.4, -0.2) is 32.0 Å². The van der Waals surface area contributed by atoms with Crippen LogP contribution in [0.15, 0.2) is 28.9 Å². The number of carboxylic acid groups (broad SMARTS) is 1. The topological polar surface area (TPSA) is 97.1 Å². The van der Waals surface area contributed by atoms with Gasteiger partial charge in [0.05, 0.1) is 17.4 Å². The molecule has 2 rings (SSSR count). The highest BCUT2D eigenvalue weighted by atomic mass is 79.9. The van der Waals surface area contributed by atoms with Crippen molar-refractivity contribution >= 4 is 33.5 Å². The zero-order chi connectivity index (χ0) is 14.0. The lowest BCUT2D eigenvalue weighted by Gasteiger charge is -2.07. The molecule has 0 aliphatic heterocycles. The standard InChI is InChI=1S/C11H9BrN4O3/c1-16-13-5-9(15-16)10(17)14-8-4-6(12)2-3-7(8)11(18)19/h2-5H,1H3,(H,14,17)(H,18,19). The van der Waals surface area contributed by atoms with Crippen LogP contribution in [-0.2, 0) is 7.05 Å². The average Bonchev–Trinajstić information content (AvgIpc) is 2.75. The highest BCUT2D eigenvalue weighted by Crippen LogP contribution is 2.22. The van der Waals surface area contributed by atoms with Crippen molar-refractivity contribution in [2.45, 2.75) is 0 Å². The van der Waals surface area contributed by atoms with Crippen LogP contribution in [0.4, 0.5) is 5.69 Å². The number of carboxylic acids is 1. The van der Waals surface area contributed by atoms with E-state index in [-0.39, 0.29) is 16.9 Å². The fourth-order valence-electron chi connectivity index (χ4n) is 1.44. The number of aromatic carboxylic acids is 1. The van der Waals surface area contributed by atoms with Crippen molar-refractivity contribution in [1.29, 1.82) is 0 Å². The summed E-state index contributed by atoms with van der Waals surface area (Å²) < 4.78 is 0.659. The summed E-state index contributed by atoms with van der Waals surface area (Å²) >= 11 is 3.22. The SMILES string of the molecule is Cn1ncc(C(=O)Nc2cc(Br)ccc2C(=O)O)n1. The number of nitrogens with one attached hydrogen (secondary N) is 1. The molecule has 8 heteroatoms. The van der Waals surface area contributed by atoms with Gasteiger partial charge in [0, 0.05) is 11.5 Å². The Kier molecular flexibility index (Phi) is 3.61. The molecule has 19 heavy (non-hydrogen) atoms. The minimum absolute atomic E-state index is 0.000408. The third kappa shape index (κ3) is 2.97. The molecular weight excluding hydrogens is 316 g/mol. The van der Waals surface area contributed by atoms with E-state index in [1.165, 1.54) is 23.1 Å². The maximum absolute atomic E-state index is 11.9. The van der Waals surface area contributed by atoms with Gasteiger partial charge in [-0.25, -0.2) is 4.79 Å². The van der Waals surface area contributed by atoms with Crippen LogP contribution < -0.4 is 5.32 Å². The van der Waals surface area contributed by atoms with E-state index >= 15 is 0 Å². The number of rotatable bonds is 3. The Morgan fingerprint density at radius 3 is 2.74 bits per heavy atom. The average molecular weight is 325 g/mol. The van der Waals surface area contributed by atoms with Gasteiger partial charge in [-0.1, -0.05) is 15.9 Å². The van der Waals surface area contributed by atoms with Gasteiger partial charge in [0.15, 0.2) is 5.69 Å². The van der Waals surface area contributed by atoms with Crippen molar-refractivity contribution < 1.29 is 14.7 Å². The van der Waals surface area contributed by atoms with E-state index in [0.717, 1.165) is 0 Å². The van der Waals surface area contributed by atoms with Crippen molar-refractivity contribution in [3.05, 3.63) is 40.1 Å². The number of halogens is 1. The Balaban J connectivity index is 2.30.